The highest BCUT2D eigenvalue weighted by Gasteiger charge is 2.38. The van der Waals surface area contributed by atoms with Crippen LogP contribution in [-0.4, -0.2) is 4.98 Å². The Morgan fingerprint density at radius 3 is 1.02 bits per heavy atom. The lowest BCUT2D eigenvalue weighted by atomic mass is 9.73. The first-order chi connectivity index (χ1) is 25.2. The molecule has 254 valence electrons. The van der Waals surface area contributed by atoms with E-state index in [-0.39, 0.29) is 10.8 Å². The van der Waals surface area contributed by atoms with E-state index in [1.165, 1.54) is 22.3 Å². The smallest absolute Gasteiger partial charge is 0.171 e. The Morgan fingerprint density at radius 2 is 0.692 bits per heavy atom. The predicted molar refractivity (Wildman–Crippen MR) is 217 cm³/mol. The number of hydrogen-bond acceptors (Lipinski definition) is 4. The molecule has 0 saturated heterocycles. The first-order valence-corrected chi connectivity index (χ1v) is 19.6. The van der Waals surface area contributed by atoms with Crippen molar-refractivity contribution in [1.82, 2.24) is 4.98 Å². The standard InChI is InChI=1S/C47H40N3OP/c1-46(2)38-13-5-9-17-42(38)49(43-18-10-6-14-39(43)46)33-21-25-35(26-22-33)52(51,37-29-31-48-32-30-37)36-27-23-34(24-28-36)50-44-19-11-7-15-40(44)47(3,4)41-16-8-12-20-45(41)50/h5-32H,1-4H3. The van der Waals surface area contributed by atoms with Crippen LogP contribution in [0.2, 0.25) is 0 Å². The van der Waals surface area contributed by atoms with Gasteiger partial charge in [0, 0.05) is 50.5 Å². The van der Waals surface area contributed by atoms with E-state index in [0.29, 0.717) is 0 Å². The van der Waals surface area contributed by atoms with Gasteiger partial charge < -0.3 is 14.4 Å². The van der Waals surface area contributed by atoms with Crippen LogP contribution in [-0.2, 0) is 15.4 Å². The van der Waals surface area contributed by atoms with E-state index in [0.717, 1.165) is 50.0 Å². The van der Waals surface area contributed by atoms with E-state index < -0.39 is 7.14 Å². The number of fused-ring (bicyclic) bond motifs is 4. The van der Waals surface area contributed by atoms with Crippen molar-refractivity contribution in [1.29, 1.82) is 0 Å². The minimum absolute atomic E-state index is 0.138. The normalized spacial score (nSPS) is 15.2. The molecule has 52 heavy (non-hydrogen) atoms. The van der Waals surface area contributed by atoms with Crippen LogP contribution >= 0.6 is 7.14 Å². The largest absolute Gasteiger partial charge is 0.310 e. The highest BCUT2D eigenvalue weighted by molar-refractivity contribution is 7.85. The molecule has 0 amide bonds. The fraction of sp³-hybridized carbons (Fsp3) is 0.128. The van der Waals surface area contributed by atoms with E-state index in [9.17, 15) is 0 Å². The summed E-state index contributed by atoms with van der Waals surface area (Å²) in [6.07, 6.45) is 3.47. The topological polar surface area (TPSA) is 36.4 Å². The van der Waals surface area contributed by atoms with Crippen LogP contribution in [0.1, 0.15) is 49.9 Å². The Balaban J connectivity index is 1.14. The minimum atomic E-state index is -3.28. The molecule has 1 aromatic heterocycles. The number of hydrogen-bond donors (Lipinski definition) is 0. The maximum atomic E-state index is 15.7. The maximum Gasteiger partial charge on any atom is 0.171 e. The zero-order valence-corrected chi connectivity index (χ0v) is 30.8. The van der Waals surface area contributed by atoms with Crippen molar-refractivity contribution in [2.24, 2.45) is 0 Å². The Kier molecular flexibility index (Phi) is 7.40. The second kappa shape index (κ2) is 11.9. The summed E-state index contributed by atoms with van der Waals surface area (Å²) in [5.74, 6) is 0. The molecular formula is C47H40N3OP. The van der Waals surface area contributed by atoms with Crippen molar-refractivity contribution in [2.45, 2.75) is 38.5 Å². The molecule has 0 atom stereocenters. The number of aromatic nitrogens is 1. The van der Waals surface area contributed by atoms with Gasteiger partial charge in [-0.2, -0.15) is 0 Å². The lowest BCUT2D eigenvalue weighted by Gasteiger charge is -2.42. The number of nitrogens with zero attached hydrogens (tertiary/aromatic N) is 3. The van der Waals surface area contributed by atoms with Gasteiger partial charge in [0.05, 0.1) is 22.7 Å². The van der Waals surface area contributed by atoms with Crippen LogP contribution in [0, 0.1) is 0 Å². The molecule has 2 aliphatic heterocycles. The molecule has 0 radical (unpaired) electrons. The van der Waals surface area contributed by atoms with Crippen molar-refractivity contribution >= 4 is 57.2 Å². The highest BCUT2D eigenvalue weighted by atomic mass is 31.2. The summed E-state index contributed by atoms with van der Waals surface area (Å²) in [4.78, 5) is 8.94. The number of anilines is 6. The van der Waals surface area contributed by atoms with E-state index >= 15 is 4.57 Å². The van der Waals surface area contributed by atoms with Crippen LogP contribution in [0.4, 0.5) is 34.1 Å². The van der Waals surface area contributed by atoms with Crippen LogP contribution in [0.15, 0.2) is 170 Å². The number of benzene rings is 6. The predicted octanol–water partition coefficient (Wildman–Crippen LogP) is 10.9. The monoisotopic (exact) mass is 693 g/mol. The van der Waals surface area contributed by atoms with Crippen LogP contribution in [0.25, 0.3) is 0 Å². The van der Waals surface area contributed by atoms with Gasteiger partial charge in [-0.05, 0) is 107 Å². The lowest BCUT2D eigenvalue weighted by molar-refractivity contribution is 0.592. The summed E-state index contributed by atoms with van der Waals surface area (Å²) >= 11 is 0. The maximum absolute atomic E-state index is 15.7. The quantitative estimate of drug-likeness (QED) is 0.168. The number of rotatable bonds is 5. The third kappa shape index (κ3) is 4.75. The molecule has 9 rings (SSSR count). The number of para-hydroxylation sites is 4. The minimum Gasteiger partial charge on any atom is -0.310 e. The summed E-state index contributed by atoms with van der Waals surface area (Å²) in [7, 11) is -3.28. The summed E-state index contributed by atoms with van der Waals surface area (Å²) in [5.41, 5.74) is 11.6. The van der Waals surface area contributed by atoms with Crippen LogP contribution < -0.4 is 25.7 Å². The van der Waals surface area contributed by atoms with Gasteiger partial charge in [0.2, 0.25) is 0 Å². The number of pyridine rings is 1. The lowest BCUT2D eigenvalue weighted by Crippen LogP contribution is -2.31. The first kappa shape index (κ1) is 32.2. The van der Waals surface area contributed by atoms with Crippen molar-refractivity contribution in [3.63, 3.8) is 0 Å². The molecule has 0 aliphatic carbocycles. The van der Waals surface area contributed by atoms with Gasteiger partial charge in [-0.25, -0.2) is 0 Å². The average Bonchev–Trinajstić information content (AvgIpc) is 3.19. The SMILES string of the molecule is CC1(C)c2ccccc2N(c2ccc(P(=O)(c3ccncc3)c3ccc(N4c5ccccc5C(C)(C)c5ccccc54)cc3)cc2)c2ccccc21. The summed E-state index contributed by atoms with van der Waals surface area (Å²) in [6, 6.07) is 55.1. The molecule has 6 aromatic carbocycles. The average molecular weight is 694 g/mol. The Labute approximate surface area is 306 Å². The molecule has 0 unspecified atom stereocenters. The molecule has 0 fully saturated rings. The van der Waals surface area contributed by atoms with Gasteiger partial charge in [0.1, 0.15) is 0 Å². The molecule has 7 aromatic rings. The van der Waals surface area contributed by atoms with E-state index in [1.54, 1.807) is 12.4 Å². The van der Waals surface area contributed by atoms with Crippen LogP contribution in [0.5, 0.6) is 0 Å². The molecule has 0 saturated carbocycles. The fourth-order valence-corrected chi connectivity index (χ4v) is 11.1. The van der Waals surface area contributed by atoms with Crippen LogP contribution in [0.3, 0.4) is 0 Å². The zero-order valence-electron chi connectivity index (χ0n) is 29.9. The van der Waals surface area contributed by atoms with Gasteiger partial charge in [0.15, 0.2) is 7.14 Å². The molecule has 0 bridgehead atoms. The molecule has 2 aliphatic rings. The van der Waals surface area contributed by atoms with Crippen molar-refractivity contribution in [3.05, 3.63) is 192 Å². The van der Waals surface area contributed by atoms with Gasteiger partial charge in [0.25, 0.3) is 0 Å². The third-order valence-corrected chi connectivity index (χ3v) is 14.3. The van der Waals surface area contributed by atoms with E-state index in [1.807, 2.05) is 12.1 Å². The molecule has 0 spiro atoms. The second-order valence-corrected chi connectivity index (χ2v) is 17.6. The summed E-state index contributed by atoms with van der Waals surface area (Å²) in [6.45, 7) is 9.19. The van der Waals surface area contributed by atoms with E-state index in [2.05, 4.69) is 188 Å². The van der Waals surface area contributed by atoms with Gasteiger partial charge in [-0.15, -0.1) is 0 Å². The molecule has 3 heterocycles. The van der Waals surface area contributed by atoms with Crippen molar-refractivity contribution in [2.75, 3.05) is 9.80 Å². The third-order valence-electron chi connectivity index (χ3n) is 11.2. The van der Waals surface area contributed by atoms with Crippen molar-refractivity contribution < 1.29 is 4.57 Å². The van der Waals surface area contributed by atoms with Crippen molar-refractivity contribution in [3.8, 4) is 0 Å². The Morgan fingerprint density at radius 1 is 0.404 bits per heavy atom. The molecular weight excluding hydrogens is 654 g/mol. The zero-order chi connectivity index (χ0) is 35.7. The summed E-state index contributed by atoms with van der Waals surface area (Å²) in [5, 5.41) is 2.32. The van der Waals surface area contributed by atoms with E-state index in [4.69, 9.17) is 0 Å². The Bertz CT molecular complexity index is 2250. The summed E-state index contributed by atoms with van der Waals surface area (Å²) < 4.78 is 15.7. The first-order valence-electron chi connectivity index (χ1n) is 17.9. The Hall–Kier alpha value is -5.70. The molecule has 5 heteroatoms. The van der Waals surface area contributed by atoms with Gasteiger partial charge in [-0.1, -0.05) is 100 Å². The molecule has 0 N–H and O–H groups in total. The molecule has 4 nitrogen and oxygen atoms in total. The fourth-order valence-electron chi connectivity index (χ4n) is 8.52. The second-order valence-electron chi connectivity index (χ2n) is 14.8. The van der Waals surface area contributed by atoms with Gasteiger partial charge in [-0.3, -0.25) is 4.98 Å². The highest BCUT2D eigenvalue weighted by Crippen LogP contribution is 2.53. The van der Waals surface area contributed by atoms with Gasteiger partial charge >= 0.3 is 0 Å².